The Morgan fingerprint density at radius 2 is 2.29 bits per heavy atom. The second-order valence-electron chi connectivity index (χ2n) is 5.63. The van der Waals surface area contributed by atoms with Crippen molar-refractivity contribution in [1.82, 2.24) is 5.32 Å². The summed E-state index contributed by atoms with van der Waals surface area (Å²) in [6.45, 7) is 3.33. The minimum absolute atomic E-state index is 0.540. The standard InChI is InChI=1S/C17H26BrNOS/c1-3-9-19-15(17-6-4-5-10-21-17)12-13-11-14(18)7-8-16(13)20-2/h7-8,11,15,17,19H,3-6,9-10,12H2,1-2H3. The van der Waals surface area contributed by atoms with Crippen LogP contribution < -0.4 is 10.1 Å². The van der Waals surface area contributed by atoms with Crippen molar-refractivity contribution in [3.05, 3.63) is 28.2 Å². The quantitative estimate of drug-likeness (QED) is 0.753. The predicted molar refractivity (Wildman–Crippen MR) is 96.6 cm³/mol. The van der Waals surface area contributed by atoms with Crippen LogP contribution in [-0.2, 0) is 6.42 Å². The fourth-order valence-corrected chi connectivity index (χ4v) is 4.73. The molecule has 4 heteroatoms. The minimum atomic E-state index is 0.540. The van der Waals surface area contributed by atoms with E-state index in [9.17, 15) is 0 Å². The molecule has 0 aromatic heterocycles. The van der Waals surface area contributed by atoms with Gasteiger partial charge in [0.15, 0.2) is 0 Å². The van der Waals surface area contributed by atoms with Gasteiger partial charge in [-0.05, 0) is 61.7 Å². The van der Waals surface area contributed by atoms with Gasteiger partial charge in [-0.15, -0.1) is 0 Å². The molecule has 1 aromatic rings. The van der Waals surface area contributed by atoms with Crippen LogP contribution in [0.15, 0.2) is 22.7 Å². The van der Waals surface area contributed by atoms with Crippen molar-refractivity contribution in [3.63, 3.8) is 0 Å². The number of hydrogen-bond acceptors (Lipinski definition) is 3. The molecule has 118 valence electrons. The van der Waals surface area contributed by atoms with E-state index in [1.54, 1.807) is 7.11 Å². The van der Waals surface area contributed by atoms with Crippen LogP contribution in [0.1, 0.15) is 38.2 Å². The number of hydrogen-bond donors (Lipinski definition) is 1. The van der Waals surface area contributed by atoms with Gasteiger partial charge in [-0.25, -0.2) is 0 Å². The maximum absolute atomic E-state index is 5.54. The topological polar surface area (TPSA) is 21.3 Å². The maximum Gasteiger partial charge on any atom is 0.122 e. The summed E-state index contributed by atoms with van der Waals surface area (Å²) in [5, 5.41) is 4.50. The number of ether oxygens (including phenoxy) is 1. The molecular weight excluding hydrogens is 346 g/mol. The molecule has 0 spiro atoms. The highest BCUT2D eigenvalue weighted by Crippen LogP contribution is 2.31. The van der Waals surface area contributed by atoms with E-state index in [1.165, 1.54) is 37.0 Å². The Labute approximate surface area is 141 Å². The molecule has 1 fully saturated rings. The second kappa shape index (κ2) is 9.06. The van der Waals surface area contributed by atoms with Crippen LogP contribution in [0, 0.1) is 0 Å². The molecule has 0 bridgehead atoms. The third-order valence-electron chi connectivity index (χ3n) is 4.00. The van der Waals surface area contributed by atoms with Gasteiger partial charge in [0.05, 0.1) is 7.11 Å². The number of thioether (sulfide) groups is 1. The van der Waals surface area contributed by atoms with Gasteiger partial charge in [-0.3, -0.25) is 0 Å². The number of methoxy groups -OCH3 is 1. The van der Waals surface area contributed by atoms with Crippen LogP contribution in [-0.4, -0.2) is 30.7 Å². The summed E-state index contributed by atoms with van der Waals surface area (Å²) >= 11 is 5.73. The summed E-state index contributed by atoms with van der Waals surface area (Å²) in [5.74, 6) is 2.31. The van der Waals surface area contributed by atoms with Crippen molar-refractivity contribution >= 4 is 27.7 Å². The predicted octanol–water partition coefficient (Wildman–Crippen LogP) is 4.65. The normalized spacial score (nSPS) is 20.2. The summed E-state index contributed by atoms with van der Waals surface area (Å²) in [6.07, 6.45) is 6.31. The Hall–Kier alpha value is -0.190. The lowest BCUT2D eigenvalue weighted by Crippen LogP contribution is -2.41. The van der Waals surface area contributed by atoms with E-state index in [-0.39, 0.29) is 0 Å². The van der Waals surface area contributed by atoms with E-state index in [4.69, 9.17) is 4.74 Å². The van der Waals surface area contributed by atoms with E-state index in [2.05, 4.69) is 52.1 Å². The summed E-state index contributed by atoms with van der Waals surface area (Å²) in [4.78, 5) is 0. The number of halogens is 1. The maximum atomic E-state index is 5.54. The van der Waals surface area contributed by atoms with Crippen molar-refractivity contribution in [3.8, 4) is 5.75 Å². The third kappa shape index (κ3) is 5.19. The zero-order valence-electron chi connectivity index (χ0n) is 13.0. The fraction of sp³-hybridized carbons (Fsp3) is 0.647. The number of nitrogens with one attached hydrogen (secondary N) is 1. The van der Waals surface area contributed by atoms with Crippen LogP contribution in [0.4, 0.5) is 0 Å². The molecule has 21 heavy (non-hydrogen) atoms. The van der Waals surface area contributed by atoms with Gasteiger partial charge < -0.3 is 10.1 Å². The molecule has 2 nitrogen and oxygen atoms in total. The van der Waals surface area contributed by atoms with Crippen molar-refractivity contribution in [1.29, 1.82) is 0 Å². The average molecular weight is 372 g/mol. The van der Waals surface area contributed by atoms with Gasteiger partial charge in [0, 0.05) is 15.8 Å². The molecule has 2 rings (SSSR count). The molecule has 1 aromatic carbocycles. The van der Waals surface area contributed by atoms with E-state index >= 15 is 0 Å². The van der Waals surface area contributed by atoms with E-state index in [0.29, 0.717) is 6.04 Å². The van der Waals surface area contributed by atoms with Crippen LogP contribution in [0.3, 0.4) is 0 Å². The molecule has 2 atom stereocenters. The lowest BCUT2D eigenvalue weighted by Gasteiger charge is -2.31. The SMILES string of the molecule is CCCNC(Cc1cc(Br)ccc1OC)C1CCCCS1. The highest BCUT2D eigenvalue weighted by molar-refractivity contribution is 9.10. The van der Waals surface area contributed by atoms with Gasteiger partial charge >= 0.3 is 0 Å². The molecule has 0 aliphatic carbocycles. The average Bonchev–Trinajstić information content (AvgIpc) is 2.52. The molecule has 0 saturated carbocycles. The number of benzene rings is 1. The summed E-state index contributed by atoms with van der Waals surface area (Å²) < 4.78 is 6.67. The molecular formula is C17H26BrNOS. The molecule has 1 heterocycles. The summed E-state index contributed by atoms with van der Waals surface area (Å²) in [5.41, 5.74) is 1.30. The van der Waals surface area contributed by atoms with Gasteiger partial charge in [-0.1, -0.05) is 29.3 Å². The molecule has 1 saturated heterocycles. The largest absolute Gasteiger partial charge is 0.496 e. The van der Waals surface area contributed by atoms with Crippen molar-refractivity contribution in [2.75, 3.05) is 19.4 Å². The van der Waals surface area contributed by atoms with Crippen LogP contribution >= 0.6 is 27.7 Å². The zero-order valence-corrected chi connectivity index (χ0v) is 15.4. The molecule has 1 aliphatic rings. The Morgan fingerprint density at radius 3 is 2.95 bits per heavy atom. The highest BCUT2D eigenvalue weighted by Gasteiger charge is 2.25. The smallest absolute Gasteiger partial charge is 0.122 e. The molecule has 0 radical (unpaired) electrons. The van der Waals surface area contributed by atoms with Gasteiger partial charge in [0.1, 0.15) is 5.75 Å². The first-order valence-electron chi connectivity index (χ1n) is 7.92. The van der Waals surface area contributed by atoms with E-state index < -0.39 is 0 Å². The Balaban J connectivity index is 2.11. The van der Waals surface area contributed by atoms with Gasteiger partial charge in [-0.2, -0.15) is 11.8 Å². The fourth-order valence-electron chi connectivity index (χ4n) is 2.89. The Morgan fingerprint density at radius 1 is 1.43 bits per heavy atom. The van der Waals surface area contributed by atoms with Crippen molar-refractivity contribution < 1.29 is 4.74 Å². The molecule has 0 amide bonds. The molecule has 1 N–H and O–H groups in total. The Bertz CT molecular complexity index is 435. The molecule has 2 unspecified atom stereocenters. The first-order valence-corrected chi connectivity index (χ1v) is 9.76. The summed E-state index contributed by atoms with van der Waals surface area (Å²) in [6, 6.07) is 6.85. The first-order chi connectivity index (χ1) is 10.2. The van der Waals surface area contributed by atoms with Crippen molar-refractivity contribution in [2.24, 2.45) is 0 Å². The first kappa shape index (κ1) is 17.2. The number of rotatable bonds is 7. The van der Waals surface area contributed by atoms with E-state index in [1.807, 2.05) is 6.07 Å². The van der Waals surface area contributed by atoms with E-state index in [0.717, 1.165) is 28.4 Å². The Kier molecular flexibility index (Phi) is 7.41. The highest BCUT2D eigenvalue weighted by atomic mass is 79.9. The van der Waals surface area contributed by atoms with Crippen LogP contribution in [0.2, 0.25) is 0 Å². The van der Waals surface area contributed by atoms with Gasteiger partial charge in [0.25, 0.3) is 0 Å². The van der Waals surface area contributed by atoms with Crippen LogP contribution in [0.5, 0.6) is 5.75 Å². The second-order valence-corrected chi connectivity index (χ2v) is 7.89. The van der Waals surface area contributed by atoms with Gasteiger partial charge in [0.2, 0.25) is 0 Å². The van der Waals surface area contributed by atoms with Crippen molar-refractivity contribution in [2.45, 2.75) is 50.3 Å². The lowest BCUT2D eigenvalue weighted by molar-refractivity contribution is 0.401. The molecule has 1 aliphatic heterocycles. The lowest BCUT2D eigenvalue weighted by atomic mass is 9.98. The monoisotopic (exact) mass is 371 g/mol. The zero-order chi connectivity index (χ0) is 15.1. The third-order valence-corrected chi connectivity index (χ3v) is 6.01. The minimum Gasteiger partial charge on any atom is -0.496 e. The summed E-state index contributed by atoms with van der Waals surface area (Å²) in [7, 11) is 1.76. The van der Waals surface area contributed by atoms with Crippen LogP contribution in [0.25, 0.3) is 0 Å².